The fourth-order valence-electron chi connectivity index (χ4n) is 5.08. The van der Waals surface area contributed by atoms with Gasteiger partial charge in [0.05, 0.1) is 24.4 Å². The Morgan fingerprint density at radius 1 is 1.09 bits per heavy atom. The van der Waals surface area contributed by atoms with E-state index in [1.54, 1.807) is 7.11 Å². The molecule has 2 fully saturated rings. The van der Waals surface area contributed by atoms with E-state index >= 15 is 0 Å². The van der Waals surface area contributed by atoms with Gasteiger partial charge in [0.2, 0.25) is 0 Å². The normalized spacial score (nSPS) is 18.1. The van der Waals surface area contributed by atoms with Crippen LogP contribution in [0.1, 0.15) is 50.3 Å². The molecule has 0 atom stereocenters. The average Bonchev–Trinajstić information content (AvgIpc) is 2.99. The zero-order valence-electron chi connectivity index (χ0n) is 19.0. The van der Waals surface area contributed by atoms with Gasteiger partial charge in [0.15, 0.2) is 5.52 Å². The molecule has 1 aromatic carbocycles. The number of nitrogens with one attached hydrogen (secondary N) is 2. The molecule has 1 saturated carbocycles. The molecular weight excluding hydrogens is 404 g/mol. The molecule has 0 bridgehead atoms. The van der Waals surface area contributed by atoms with E-state index in [2.05, 4.69) is 21.3 Å². The van der Waals surface area contributed by atoms with E-state index in [1.165, 1.54) is 19.3 Å². The first kappa shape index (κ1) is 21.0. The summed E-state index contributed by atoms with van der Waals surface area (Å²) in [5, 5.41) is 8.16. The topological polar surface area (TPSA) is 88.1 Å². The number of nitrogens with zero attached hydrogens (tertiary/aromatic N) is 4. The molecule has 8 nitrogen and oxygen atoms in total. The Bertz CT molecular complexity index is 1150. The zero-order valence-corrected chi connectivity index (χ0v) is 19.0. The van der Waals surface area contributed by atoms with Gasteiger partial charge in [-0.3, -0.25) is 9.48 Å². The van der Waals surface area contributed by atoms with E-state index in [-0.39, 0.29) is 11.6 Å². The van der Waals surface area contributed by atoms with Crippen LogP contribution in [0.25, 0.3) is 22.4 Å². The summed E-state index contributed by atoms with van der Waals surface area (Å²) in [5.41, 5.74) is 3.84. The van der Waals surface area contributed by atoms with E-state index < -0.39 is 0 Å². The van der Waals surface area contributed by atoms with Crippen molar-refractivity contribution in [1.29, 1.82) is 0 Å². The lowest BCUT2D eigenvalue weighted by molar-refractivity contribution is 0.336. The van der Waals surface area contributed by atoms with E-state index in [1.807, 2.05) is 23.7 Å². The molecule has 32 heavy (non-hydrogen) atoms. The lowest BCUT2D eigenvalue weighted by Gasteiger charge is -2.23. The molecule has 2 aromatic heterocycles. The highest BCUT2D eigenvalue weighted by molar-refractivity contribution is 5.80. The minimum Gasteiger partial charge on any atom is -0.496 e. The smallest absolute Gasteiger partial charge is 0.277 e. The van der Waals surface area contributed by atoms with E-state index in [9.17, 15) is 4.79 Å². The molecule has 8 heteroatoms. The summed E-state index contributed by atoms with van der Waals surface area (Å²) in [6.45, 7) is 5.93. The van der Waals surface area contributed by atoms with Gasteiger partial charge in [-0.2, -0.15) is 5.10 Å². The predicted octanol–water partition coefficient (Wildman–Crippen LogP) is 3.41. The Morgan fingerprint density at radius 2 is 1.94 bits per heavy atom. The molecule has 1 aliphatic carbocycles. The molecule has 0 radical (unpaired) electrons. The van der Waals surface area contributed by atoms with Crippen molar-refractivity contribution in [2.45, 2.75) is 51.5 Å². The molecule has 1 aliphatic heterocycles. The van der Waals surface area contributed by atoms with Gasteiger partial charge >= 0.3 is 0 Å². The fourth-order valence-corrected chi connectivity index (χ4v) is 5.08. The van der Waals surface area contributed by atoms with Crippen molar-refractivity contribution in [3.05, 3.63) is 34.2 Å². The minimum absolute atomic E-state index is 0.138. The summed E-state index contributed by atoms with van der Waals surface area (Å²) in [6.07, 6.45) is 6.88. The van der Waals surface area contributed by atoms with Crippen LogP contribution >= 0.6 is 0 Å². The number of benzene rings is 1. The Kier molecular flexibility index (Phi) is 5.87. The van der Waals surface area contributed by atoms with Crippen LogP contribution in [0.2, 0.25) is 0 Å². The molecule has 170 valence electrons. The SMILES string of the molecule is COc1cc(N2CCCNCC2)ccc1-c1nc2c(C)nn(C3CCCCC3)c2c(=O)[nH]1. The maximum absolute atomic E-state index is 13.2. The Morgan fingerprint density at radius 3 is 2.75 bits per heavy atom. The minimum atomic E-state index is -0.138. The van der Waals surface area contributed by atoms with Crippen molar-refractivity contribution >= 4 is 16.7 Å². The van der Waals surface area contributed by atoms with E-state index in [0.29, 0.717) is 22.6 Å². The number of rotatable bonds is 4. The van der Waals surface area contributed by atoms with Crippen LogP contribution in [-0.2, 0) is 0 Å². The number of anilines is 1. The number of H-pyrrole nitrogens is 1. The van der Waals surface area contributed by atoms with Gasteiger partial charge in [-0.15, -0.1) is 0 Å². The number of methoxy groups -OCH3 is 1. The summed E-state index contributed by atoms with van der Waals surface area (Å²) in [6, 6.07) is 6.41. The van der Waals surface area contributed by atoms with Gasteiger partial charge in [0.1, 0.15) is 17.1 Å². The van der Waals surface area contributed by atoms with Crippen LogP contribution in [0, 0.1) is 6.92 Å². The fraction of sp³-hybridized carbons (Fsp3) is 0.542. The monoisotopic (exact) mass is 436 g/mol. The number of aryl methyl sites for hydroxylation is 1. The van der Waals surface area contributed by atoms with Gasteiger partial charge in [-0.25, -0.2) is 4.98 Å². The number of aromatic amines is 1. The van der Waals surface area contributed by atoms with Gasteiger partial charge in [0.25, 0.3) is 5.56 Å². The van der Waals surface area contributed by atoms with Crippen LogP contribution in [0.4, 0.5) is 5.69 Å². The van der Waals surface area contributed by atoms with Gasteiger partial charge in [-0.05, 0) is 44.9 Å². The second kappa shape index (κ2) is 8.94. The number of fused-ring (bicyclic) bond motifs is 1. The molecule has 0 unspecified atom stereocenters. The molecular formula is C24H32N6O2. The summed E-state index contributed by atoms with van der Waals surface area (Å²) in [7, 11) is 1.66. The highest BCUT2D eigenvalue weighted by Gasteiger charge is 2.23. The van der Waals surface area contributed by atoms with E-state index in [0.717, 1.165) is 62.4 Å². The molecule has 3 heterocycles. The molecule has 0 spiro atoms. The molecule has 3 aromatic rings. The first-order chi connectivity index (χ1) is 15.7. The second-order valence-corrected chi connectivity index (χ2v) is 8.91. The first-order valence-corrected chi connectivity index (χ1v) is 11.8. The quantitative estimate of drug-likeness (QED) is 0.652. The maximum Gasteiger partial charge on any atom is 0.277 e. The third kappa shape index (κ3) is 3.88. The number of ether oxygens (including phenoxy) is 1. The standard InChI is InChI=1S/C24H32N6O2/c1-16-21-22(30(28-16)17-7-4-3-5-8-17)24(31)27-23(26-21)19-10-9-18(15-20(19)32-2)29-13-6-11-25-12-14-29/h9-10,15,17,25H,3-8,11-14H2,1-2H3,(H,26,27,31). The number of hydrogen-bond donors (Lipinski definition) is 2. The van der Waals surface area contributed by atoms with Crippen LogP contribution in [0.3, 0.4) is 0 Å². The lowest BCUT2D eigenvalue weighted by atomic mass is 9.95. The summed E-state index contributed by atoms with van der Waals surface area (Å²) < 4.78 is 7.64. The van der Waals surface area contributed by atoms with Crippen LogP contribution < -0.4 is 20.5 Å². The molecule has 2 aliphatic rings. The van der Waals surface area contributed by atoms with Crippen LogP contribution in [-0.4, -0.2) is 53.0 Å². The van der Waals surface area contributed by atoms with E-state index in [4.69, 9.17) is 14.8 Å². The maximum atomic E-state index is 13.2. The Labute approximate surface area is 188 Å². The molecule has 0 amide bonds. The Hall–Kier alpha value is -2.87. The van der Waals surface area contributed by atoms with Crippen molar-refractivity contribution in [2.24, 2.45) is 0 Å². The zero-order chi connectivity index (χ0) is 22.1. The summed E-state index contributed by atoms with van der Waals surface area (Å²) >= 11 is 0. The first-order valence-electron chi connectivity index (χ1n) is 11.8. The molecule has 5 rings (SSSR count). The number of aromatic nitrogens is 4. The lowest BCUT2D eigenvalue weighted by Crippen LogP contribution is -2.27. The van der Waals surface area contributed by atoms with Crippen molar-refractivity contribution in [3.63, 3.8) is 0 Å². The van der Waals surface area contributed by atoms with Crippen molar-refractivity contribution in [3.8, 4) is 17.1 Å². The third-order valence-electron chi connectivity index (χ3n) is 6.79. The van der Waals surface area contributed by atoms with Crippen LogP contribution in [0.15, 0.2) is 23.0 Å². The van der Waals surface area contributed by atoms with Gasteiger partial charge in [0, 0.05) is 31.4 Å². The third-order valence-corrected chi connectivity index (χ3v) is 6.79. The summed E-state index contributed by atoms with van der Waals surface area (Å²) in [5.74, 6) is 1.23. The highest BCUT2D eigenvalue weighted by atomic mass is 16.5. The second-order valence-electron chi connectivity index (χ2n) is 8.91. The average molecular weight is 437 g/mol. The largest absolute Gasteiger partial charge is 0.496 e. The van der Waals surface area contributed by atoms with Crippen LogP contribution in [0.5, 0.6) is 5.75 Å². The van der Waals surface area contributed by atoms with Gasteiger partial charge in [-0.1, -0.05) is 19.3 Å². The predicted molar refractivity (Wildman–Crippen MR) is 127 cm³/mol. The summed E-state index contributed by atoms with van der Waals surface area (Å²) in [4.78, 5) is 23.4. The van der Waals surface area contributed by atoms with Crippen molar-refractivity contribution in [1.82, 2.24) is 25.1 Å². The number of hydrogen-bond acceptors (Lipinski definition) is 6. The van der Waals surface area contributed by atoms with Crippen molar-refractivity contribution < 1.29 is 4.74 Å². The molecule has 2 N–H and O–H groups in total. The van der Waals surface area contributed by atoms with Crippen molar-refractivity contribution in [2.75, 3.05) is 38.2 Å². The van der Waals surface area contributed by atoms with Gasteiger partial charge < -0.3 is 19.9 Å². The highest BCUT2D eigenvalue weighted by Crippen LogP contribution is 2.34. The Balaban J connectivity index is 1.54. The molecule has 1 saturated heterocycles.